The molecule has 0 bridgehead atoms. The summed E-state index contributed by atoms with van der Waals surface area (Å²) in [6.45, 7) is 0.742. The molecule has 0 spiro atoms. The second kappa shape index (κ2) is 9.70. The number of benzene rings is 2. The molecule has 0 radical (unpaired) electrons. The van der Waals surface area contributed by atoms with Crippen molar-refractivity contribution < 1.29 is 27.5 Å². The molecule has 2 amide bonds. The molecule has 2 atom stereocenters. The van der Waals surface area contributed by atoms with Crippen molar-refractivity contribution in [3.63, 3.8) is 0 Å². The van der Waals surface area contributed by atoms with Gasteiger partial charge in [0.1, 0.15) is 0 Å². The maximum atomic E-state index is 13.2. The van der Waals surface area contributed by atoms with Crippen molar-refractivity contribution in [1.29, 1.82) is 0 Å². The lowest BCUT2D eigenvalue weighted by Gasteiger charge is -2.19. The van der Waals surface area contributed by atoms with Gasteiger partial charge in [-0.15, -0.1) is 0 Å². The molecule has 0 aromatic heterocycles. The normalized spacial score (nSPS) is 18.8. The summed E-state index contributed by atoms with van der Waals surface area (Å²) in [4.78, 5) is 27.3. The lowest BCUT2D eigenvalue weighted by atomic mass is 9.87. The van der Waals surface area contributed by atoms with Gasteiger partial charge in [-0.05, 0) is 23.8 Å². The van der Waals surface area contributed by atoms with Crippen molar-refractivity contribution in [2.45, 2.75) is 12.1 Å². The molecule has 166 valence electrons. The number of carbonyl (C=O) groups is 2. The minimum atomic E-state index is -4.50. The van der Waals surface area contributed by atoms with E-state index in [1.165, 1.54) is 18.1 Å². The molecule has 1 fully saturated rings. The highest BCUT2D eigenvalue weighted by Gasteiger charge is 2.41. The summed E-state index contributed by atoms with van der Waals surface area (Å²) in [6, 6.07) is 11.4. The van der Waals surface area contributed by atoms with Crippen LogP contribution in [0.1, 0.15) is 27.4 Å². The molecule has 3 rings (SSSR count). The second-order valence-corrected chi connectivity index (χ2v) is 7.72. The van der Waals surface area contributed by atoms with E-state index < -0.39 is 23.6 Å². The van der Waals surface area contributed by atoms with E-state index in [2.05, 4.69) is 5.32 Å². The molecular weight excluding hydrogens is 433 g/mol. The predicted molar refractivity (Wildman–Crippen MR) is 110 cm³/mol. The highest BCUT2D eigenvalue weighted by Crippen LogP contribution is 2.37. The van der Waals surface area contributed by atoms with Crippen LogP contribution in [-0.2, 0) is 15.7 Å². The molecule has 1 aliphatic rings. The Bertz CT molecular complexity index is 952. The van der Waals surface area contributed by atoms with Crippen molar-refractivity contribution >= 4 is 23.4 Å². The monoisotopic (exact) mass is 454 g/mol. The molecule has 1 aliphatic heterocycles. The third-order valence-corrected chi connectivity index (χ3v) is 5.63. The Kier molecular flexibility index (Phi) is 7.23. The number of rotatable bonds is 6. The van der Waals surface area contributed by atoms with Crippen LogP contribution < -0.4 is 5.32 Å². The van der Waals surface area contributed by atoms with Gasteiger partial charge in [0.2, 0.25) is 5.91 Å². The lowest BCUT2D eigenvalue weighted by molar-refractivity contribution is -0.137. The molecule has 1 heterocycles. The fraction of sp³-hybridized carbons (Fsp3) is 0.364. The summed E-state index contributed by atoms with van der Waals surface area (Å²) < 4.78 is 44.6. The number of hydrogen-bond donors (Lipinski definition) is 1. The Balaban J connectivity index is 1.90. The lowest BCUT2D eigenvalue weighted by Crippen LogP contribution is -2.37. The van der Waals surface area contributed by atoms with Gasteiger partial charge in [0.05, 0.1) is 28.7 Å². The number of ether oxygens (including phenoxy) is 1. The highest BCUT2D eigenvalue weighted by molar-refractivity contribution is 6.33. The first-order valence-electron chi connectivity index (χ1n) is 9.70. The van der Waals surface area contributed by atoms with E-state index in [1.807, 2.05) is 0 Å². The molecule has 2 unspecified atom stereocenters. The number of alkyl halides is 3. The molecule has 1 saturated heterocycles. The van der Waals surface area contributed by atoms with Gasteiger partial charge in [-0.25, -0.2) is 0 Å². The first kappa shape index (κ1) is 23.1. The average Bonchev–Trinajstić information content (AvgIpc) is 3.19. The largest absolute Gasteiger partial charge is 0.416 e. The summed E-state index contributed by atoms with van der Waals surface area (Å²) >= 11 is 6.14. The Morgan fingerprint density at radius 2 is 1.90 bits per heavy atom. The number of hydrogen-bond acceptors (Lipinski definition) is 3. The number of carbonyl (C=O) groups excluding carboxylic acids is 2. The van der Waals surface area contributed by atoms with E-state index in [4.69, 9.17) is 16.3 Å². The van der Waals surface area contributed by atoms with Gasteiger partial charge >= 0.3 is 6.18 Å². The third kappa shape index (κ3) is 5.37. The summed E-state index contributed by atoms with van der Waals surface area (Å²) in [5.41, 5.74) is -0.150. The van der Waals surface area contributed by atoms with Gasteiger partial charge in [-0.2, -0.15) is 13.2 Å². The first-order valence-corrected chi connectivity index (χ1v) is 10.1. The van der Waals surface area contributed by atoms with E-state index in [-0.39, 0.29) is 42.0 Å². The van der Waals surface area contributed by atoms with Gasteiger partial charge in [-0.1, -0.05) is 41.9 Å². The Morgan fingerprint density at radius 3 is 2.58 bits per heavy atom. The van der Waals surface area contributed by atoms with Crippen LogP contribution in [0.15, 0.2) is 48.5 Å². The van der Waals surface area contributed by atoms with Gasteiger partial charge in [0, 0.05) is 32.7 Å². The van der Waals surface area contributed by atoms with Crippen molar-refractivity contribution in [3.05, 3.63) is 70.2 Å². The smallest absolute Gasteiger partial charge is 0.383 e. The molecule has 5 nitrogen and oxygen atoms in total. The van der Waals surface area contributed by atoms with E-state index >= 15 is 0 Å². The highest BCUT2D eigenvalue weighted by atomic mass is 35.5. The molecule has 31 heavy (non-hydrogen) atoms. The second-order valence-electron chi connectivity index (χ2n) is 7.31. The van der Waals surface area contributed by atoms with Gasteiger partial charge < -0.3 is 15.0 Å². The Hall–Kier alpha value is -2.58. The van der Waals surface area contributed by atoms with Crippen LogP contribution in [-0.4, -0.2) is 50.1 Å². The van der Waals surface area contributed by atoms with Gasteiger partial charge in [0.25, 0.3) is 5.91 Å². The number of nitrogens with zero attached hydrogens (tertiary/aromatic N) is 1. The van der Waals surface area contributed by atoms with Crippen LogP contribution in [0.3, 0.4) is 0 Å². The van der Waals surface area contributed by atoms with Crippen LogP contribution in [0.5, 0.6) is 0 Å². The average molecular weight is 455 g/mol. The van der Waals surface area contributed by atoms with E-state index in [0.29, 0.717) is 12.2 Å². The maximum absolute atomic E-state index is 13.2. The standard InChI is InChI=1S/C22H22ClF3N2O3/c1-31-10-9-27-20(29)18-13-28(21(30)16-7-2-3-8-19(16)23)12-17(18)14-5-4-6-15(11-14)22(24,25)26/h2-8,11,17-18H,9-10,12-13H2,1H3,(H,27,29). The summed E-state index contributed by atoms with van der Waals surface area (Å²) in [5.74, 6) is -1.99. The zero-order valence-electron chi connectivity index (χ0n) is 16.8. The van der Waals surface area contributed by atoms with Crippen LogP contribution in [0, 0.1) is 5.92 Å². The SMILES string of the molecule is COCCNC(=O)C1CN(C(=O)c2ccccc2Cl)CC1c1cccc(C(F)(F)F)c1. The minimum absolute atomic E-state index is 0.0732. The maximum Gasteiger partial charge on any atom is 0.416 e. The molecular formula is C22H22ClF3N2O3. The van der Waals surface area contributed by atoms with Crippen molar-refractivity contribution in [1.82, 2.24) is 10.2 Å². The number of halogens is 4. The first-order chi connectivity index (χ1) is 14.7. The molecule has 1 N–H and O–H groups in total. The topological polar surface area (TPSA) is 58.6 Å². The zero-order valence-corrected chi connectivity index (χ0v) is 17.5. The fourth-order valence-electron chi connectivity index (χ4n) is 3.73. The number of likely N-dealkylation sites (tertiary alicyclic amines) is 1. The van der Waals surface area contributed by atoms with Gasteiger partial charge in [-0.3, -0.25) is 9.59 Å². The number of amides is 2. The fourth-order valence-corrected chi connectivity index (χ4v) is 3.95. The van der Waals surface area contributed by atoms with Crippen LogP contribution in [0.2, 0.25) is 5.02 Å². The zero-order chi connectivity index (χ0) is 22.6. The quantitative estimate of drug-likeness (QED) is 0.672. The van der Waals surface area contributed by atoms with E-state index in [0.717, 1.165) is 12.1 Å². The third-order valence-electron chi connectivity index (χ3n) is 5.30. The van der Waals surface area contributed by atoms with Crippen molar-refractivity contribution in [2.75, 3.05) is 33.4 Å². The van der Waals surface area contributed by atoms with Crippen LogP contribution in [0.25, 0.3) is 0 Å². The summed E-state index contributed by atoms with van der Waals surface area (Å²) in [6.07, 6.45) is -4.50. The molecule has 0 saturated carbocycles. The van der Waals surface area contributed by atoms with Crippen molar-refractivity contribution in [2.24, 2.45) is 5.92 Å². The summed E-state index contributed by atoms with van der Waals surface area (Å²) in [7, 11) is 1.50. The van der Waals surface area contributed by atoms with Crippen molar-refractivity contribution in [3.8, 4) is 0 Å². The minimum Gasteiger partial charge on any atom is -0.383 e. The molecule has 0 aliphatic carbocycles. The Morgan fingerprint density at radius 1 is 1.16 bits per heavy atom. The van der Waals surface area contributed by atoms with E-state index in [1.54, 1.807) is 30.3 Å². The predicted octanol–water partition coefficient (Wildman–Crippen LogP) is 3.98. The molecule has 9 heteroatoms. The van der Waals surface area contributed by atoms with Crippen LogP contribution >= 0.6 is 11.6 Å². The van der Waals surface area contributed by atoms with Gasteiger partial charge in [0.15, 0.2) is 0 Å². The number of nitrogens with one attached hydrogen (secondary N) is 1. The molecule has 2 aromatic carbocycles. The number of methoxy groups -OCH3 is 1. The Labute approximate surface area is 183 Å². The molecule has 2 aromatic rings. The van der Waals surface area contributed by atoms with Crippen LogP contribution in [0.4, 0.5) is 13.2 Å². The van der Waals surface area contributed by atoms with E-state index in [9.17, 15) is 22.8 Å². The summed E-state index contributed by atoms with van der Waals surface area (Å²) in [5, 5.41) is 3.00.